The van der Waals surface area contributed by atoms with Crippen LogP contribution in [0.5, 0.6) is 6.01 Å². The summed E-state index contributed by atoms with van der Waals surface area (Å²) in [6.45, 7) is 8.66. The molecule has 2 aromatic heterocycles. The molecule has 4 aliphatic heterocycles. The molecule has 1 amide bonds. The van der Waals surface area contributed by atoms with Gasteiger partial charge in [0, 0.05) is 61.1 Å². The largest absolute Gasteiger partial charge is 0.461 e. The molecule has 0 spiro atoms. The number of anilines is 2. The molecule has 4 aliphatic rings. The van der Waals surface area contributed by atoms with Gasteiger partial charge < -0.3 is 24.0 Å². The molecule has 0 saturated carbocycles. The number of alkyl halides is 2. The van der Waals surface area contributed by atoms with E-state index in [9.17, 15) is 18.8 Å². The molecule has 0 unspecified atom stereocenters. The van der Waals surface area contributed by atoms with Crippen molar-refractivity contribution in [3.8, 4) is 12.1 Å². The summed E-state index contributed by atoms with van der Waals surface area (Å²) in [5, 5.41) is 13.7. The van der Waals surface area contributed by atoms with E-state index in [1.807, 2.05) is 18.7 Å². The van der Waals surface area contributed by atoms with Crippen molar-refractivity contribution in [2.75, 3.05) is 55.7 Å². The Hall–Kier alpha value is -4.64. The van der Waals surface area contributed by atoms with Gasteiger partial charge >= 0.3 is 6.01 Å². The molecular formula is C36H43F2N9O3. The number of halogens is 2. The summed E-state index contributed by atoms with van der Waals surface area (Å²) in [6, 6.07) is 8.75. The second-order valence-corrected chi connectivity index (χ2v) is 14.0. The highest BCUT2D eigenvalue weighted by atomic mass is 19.3. The van der Waals surface area contributed by atoms with E-state index in [2.05, 4.69) is 26.0 Å². The lowest BCUT2D eigenvalue weighted by Gasteiger charge is -2.42. The van der Waals surface area contributed by atoms with Gasteiger partial charge in [-0.1, -0.05) is 37.2 Å². The number of carbonyl (C=O) groups is 1. The van der Waals surface area contributed by atoms with Crippen molar-refractivity contribution in [2.45, 2.75) is 82.8 Å². The second kappa shape index (κ2) is 14.3. The van der Waals surface area contributed by atoms with Crippen molar-refractivity contribution in [1.82, 2.24) is 29.9 Å². The molecule has 0 N–H and O–H groups in total. The van der Waals surface area contributed by atoms with Crippen LogP contribution in [-0.2, 0) is 17.8 Å². The Kier molecular flexibility index (Phi) is 9.68. The van der Waals surface area contributed by atoms with Crippen molar-refractivity contribution in [1.29, 1.82) is 5.26 Å². The van der Waals surface area contributed by atoms with Crippen molar-refractivity contribution >= 4 is 23.5 Å². The summed E-state index contributed by atoms with van der Waals surface area (Å²) in [6.07, 6.45) is 5.46. The zero-order valence-corrected chi connectivity index (χ0v) is 28.6. The van der Waals surface area contributed by atoms with Gasteiger partial charge in [0.15, 0.2) is 5.82 Å². The standard InChI is InChI=1S/C36H43F2N9O3/c1-24(2)33-41-30(50-43-33)9-10-31(48)47-20-19-45(21-25(47)11-15-39)34-26-12-18-44(29-8-4-3-7-27(29)32(37)38)22-28(26)40-35(42-34)49-23-36-13-5-16-46(36)17-6-14-36/h3-4,7-10,24-25,32H,5-6,11-14,16-23H2,1-2H3/b10-9+/t25-/m0/s1. The SMILES string of the molecule is CC(C)c1noc(/C=C/C(=O)N2CCN(c3nc(OCC45CCCN4CCC5)nc4c3CCN(c3ccccc3C(F)F)C4)C[C@@H]2CC#N)n1. The molecule has 1 aromatic carbocycles. The molecule has 14 heteroatoms. The first-order valence-electron chi connectivity index (χ1n) is 17.6. The number of carbonyl (C=O) groups excluding carboxylic acids is 1. The van der Waals surface area contributed by atoms with Gasteiger partial charge in [0.25, 0.3) is 12.3 Å². The summed E-state index contributed by atoms with van der Waals surface area (Å²) < 4.78 is 39.7. The predicted octanol–water partition coefficient (Wildman–Crippen LogP) is 5.13. The number of nitriles is 1. The quantitative estimate of drug-likeness (QED) is 0.263. The van der Waals surface area contributed by atoms with Crippen molar-refractivity contribution in [3.05, 3.63) is 58.9 Å². The summed E-state index contributed by atoms with van der Waals surface area (Å²) in [7, 11) is 0. The Labute approximate surface area is 290 Å². The molecule has 12 nitrogen and oxygen atoms in total. The Morgan fingerprint density at radius 2 is 1.90 bits per heavy atom. The third-order valence-electron chi connectivity index (χ3n) is 10.6. The van der Waals surface area contributed by atoms with Crippen LogP contribution in [-0.4, -0.2) is 93.3 Å². The fraction of sp³-hybridized carbons (Fsp3) is 0.556. The third kappa shape index (κ3) is 6.75. The molecular weight excluding hydrogens is 644 g/mol. The molecule has 3 fully saturated rings. The van der Waals surface area contributed by atoms with E-state index in [1.165, 1.54) is 18.2 Å². The zero-order chi connectivity index (χ0) is 34.8. The number of aromatic nitrogens is 4. The minimum absolute atomic E-state index is 0.00278. The first-order chi connectivity index (χ1) is 24.2. The zero-order valence-electron chi connectivity index (χ0n) is 28.6. The van der Waals surface area contributed by atoms with Crippen LogP contribution in [0.1, 0.15) is 86.8 Å². The van der Waals surface area contributed by atoms with Crippen molar-refractivity contribution < 1.29 is 22.8 Å². The number of rotatable bonds is 10. The van der Waals surface area contributed by atoms with E-state index in [4.69, 9.17) is 19.2 Å². The van der Waals surface area contributed by atoms with Crippen LogP contribution in [0.3, 0.4) is 0 Å². The number of benzene rings is 1. The van der Waals surface area contributed by atoms with Crippen LogP contribution < -0.4 is 14.5 Å². The summed E-state index contributed by atoms with van der Waals surface area (Å²) in [5.41, 5.74) is 2.18. The van der Waals surface area contributed by atoms with Gasteiger partial charge in [-0.25, -0.2) is 8.78 Å². The van der Waals surface area contributed by atoms with Crippen LogP contribution in [0, 0.1) is 11.3 Å². The van der Waals surface area contributed by atoms with E-state index < -0.39 is 12.5 Å². The first kappa shape index (κ1) is 33.8. The number of piperazine rings is 1. The lowest BCUT2D eigenvalue weighted by atomic mass is 9.95. The fourth-order valence-electron chi connectivity index (χ4n) is 7.95. The maximum absolute atomic E-state index is 14.0. The van der Waals surface area contributed by atoms with E-state index in [1.54, 1.807) is 23.1 Å². The molecule has 0 bridgehead atoms. The molecule has 50 heavy (non-hydrogen) atoms. The summed E-state index contributed by atoms with van der Waals surface area (Å²) in [5.74, 6) is 1.39. The van der Waals surface area contributed by atoms with Gasteiger partial charge in [-0.3, -0.25) is 9.69 Å². The minimum atomic E-state index is -2.59. The minimum Gasteiger partial charge on any atom is -0.461 e. The molecule has 3 aromatic rings. The van der Waals surface area contributed by atoms with E-state index in [0.29, 0.717) is 57.3 Å². The van der Waals surface area contributed by atoms with Crippen LogP contribution in [0.15, 0.2) is 34.9 Å². The molecule has 264 valence electrons. The number of para-hydroxylation sites is 1. The Balaban J connectivity index is 1.15. The molecule has 6 heterocycles. The summed E-state index contributed by atoms with van der Waals surface area (Å²) in [4.78, 5) is 35.9. The van der Waals surface area contributed by atoms with Crippen LogP contribution in [0.25, 0.3) is 6.08 Å². The average molecular weight is 688 g/mol. The first-order valence-corrected chi connectivity index (χ1v) is 17.6. The number of amides is 1. The van der Waals surface area contributed by atoms with Gasteiger partial charge in [0.1, 0.15) is 12.4 Å². The van der Waals surface area contributed by atoms with Gasteiger partial charge in [0.05, 0.1) is 36.3 Å². The Bertz CT molecular complexity index is 1760. The lowest BCUT2D eigenvalue weighted by molar-refractivity contribution is -0.128. The molecule has 3 saturated heterocycles. The van der Waals surface area contributed by atoms with Crippen molar-refractivity contribution in [2.24, 2.45) is 0 Å². The second-order valence-electron chi connectivity index (χ2n) is 14.0. The van der Waals surface area contributed by atoms with Crippen LogP contribution in [0.4, 0.5) is 20.3 Å². The monoisotopic (exact) mass is 687 g/mol. The maximum Gasteiger partial charge on any atom is 0.318 e. The molecule has 7 rings (SSSR count). The van der Waals surface area contributed by atoms with E-state index >= 15 is 0 Å². The lowest BCUT2D eigenvalue weighted by Crippen LogP contribution is -2.55. The normalized spacial score (nSPS) is 20.5. The highest BCUT2D eigenvalue weighted by Gasteiger charge is 2.45. The number of nitrogens with zero attached hydrogens (tertiary/aromatic N) is 9. The highest BCUT2D eigenvalue weighted by molar-refractivity contribution is 5.91. The molecule has 0 radical (unpaired) electrons. The number of hydrogen-bond donors (Lipinski definition) is 0. The highest BCUT2D eigenvalue weighted by Crippen LogP contribution is 2.40. The topological polar surface area (TPSA) is 128 Å². The Morgan fingerprint density at radius 1 is 1.10 bits per heavy atom. The van der Waals surface area contributed by atoms with Gasteiger partial charge in [-0.2, -0.15) is 20.2 Å². The van der Waals surface area contributed by atoms with Crippen LogP contribution in [0.2, 0.25) is 0 Å². The van der Waals surface area contributed by atoms with E-state index in [-0.39, 0.29) is 41.2 Å². The van der Waals surface area contributed by atoms with Crippen molar-refractivity contribution in [3.63, 3.8) is 0 Å². The van der Waals surface area contributed by atoms with Crippen LogP contribution >= 0.6 is 0 Å². The number of ether oxygens (including phenoxy) is 1. The maximum atomic E-state index is 14.0. The summed E-state index contributed by atoms with van der Waals surface area (Å²) >= 11 is 0. The predicted molar refractivity (Wildman–Crippen MR) is 182 cm³/mol. The van der Waals surface area contributed by atoms with Gasteiger partial charge in [0.2, 0.25) is 5.91 Å². The third-order valence-corrected chi connectivity index (χ3v) is 10.6. The molecule has 1 atom stereocenters. The number of fused-ring (bicyclic) bond motifs is 2. The smallest absolute Gasteiger partial charge is 0.318 e. The Morgan fingerprint density at radius 3 is 2.64 bits per heavy atom. The fourth-order valence-corrected chi connectivity index (χ4v) is 7.95. The average Bonchev–Trinajstić information content (AvgIpc) is 3.86. The number of hydrogen-bond acceptors (Lipinski definition) is 11. The van der Waals surface area contributed by atoms with Gasteiger partial charge in [-0.15, -0.1) is 0 Å². The van der Waals surface area contributed by atoms with Gasteiger partial charge in [-0.05, 0) is 51.3 Å². The van der Waals surface area contributed by atoms with E-state index in [0.717, 1.165) is 55.8 Å². The molecule has 0 aliphatic carbocycles.